The maximum atomic E-state index is 11.7. The minimum atomic E-state index is -0.773. The Kier molecular flexibility index (Phi) is 4.30. The quantitative estimate of drug-likeness (QED) is 0.736. The van der Waals surface area contributed by atoms with Crippen LogP contribution in [0.3, 0.4) is 0 Å². The maximum Gasteiger partial charge on any atom is 0.311 e. The van der Waals surface area contributed by atoms with Crippen LogP contribution in [0, 0.1) is 11.3 Å². The number of carbonyl (C=O) groups excluding carboxylic acids is 2. The van der Waals surface area contributed by atoms with Crippen molar-refractivity contribution >= 4 is 11.8 Å². The summed E-state index contributed by atoms with van der Waals surface area (Å²) in [6.07, 6.45) is 2.97. The molecule has 1 aliphatic heterocycles. The lowest BCUT2D eigenvalue weighted by Gasteiger charge is -2.26. The van der Waals surface area contributed by atoms with E-state index in [4.69, 9.17) is 14.2 Å². The molecule has 0 N–H and O–H groups in total. The third-order valence-electron chi connectivity index (χ3n) is 3.36. The van der Waals surface area contributed by atoms with Crippen molar-refractivity contribution in [3.05, 3.63) is 12.2 Å². The summed E-state index contributed by atoms with van der Waals surface area (Å²) in [6.45, 7) is 7.32. The zero-order valence-electron chi connectivity index (χ0n) is 12.4. The van der Waals surface area contributed by atoms with Gasteiger partial charge < -0.3 is 14.2 Å². The van der Waals surface area contributed by atoms with E-state index >= 15 is 0 Å². The topological polar surface area (TPSA) is 61.8 Å². The Bertz CT molecular complexity index is 420. The van der Waals surface area contributed by atoms with E-state index in [1.54, 1.807) is 26.8 Å². The second-order valence-corrected chi connectivity index (χ2v) is 6.49. The lowest BCUT2D eigenvalue weighted by Crippen LogP contribution is -2.38. The van der Waals surface area contributed by atoms with Gasteiger partial charge in [0, 0.05) is 0 Å². The van der Waals surface area contributed by atoms with Crippen molar-refractivity contribution < 1.29 is 23.8 Å². The van der Waals surface area contributed by atoms with Crippen LogP contribution in [0.15, 0.2) is 12.2 Å². The van der Waals surface area contributed by atoms with Crippen molar-refractivity contribution in [2.45, 2.75) is 52.6 Å². The van der Waals surface area contributed by atoms with Gasteiger partial charge in [0.05, 0.1) is 11.5 Å². The van der Waals surface area contributed by atoms with Crippen LogP contribution in [0.1, 0.15) is 34.1 Å². The Hall–Kier alpha value is -1.20. The molecular weight excluding hydrogens is 260 g/mol. The van der Waals surface area contributed by atoms with E-state index in [1.165, 1.54) is 6.08 Å². The molecule has 0 amide bonds. The fraction of sp³-hybridized carbons (Fsp3) is 0.733. The van der Waals surface area contributed by atoms with Gasteiger partial charge in [0.25, 0.3) is 0 Å². The van der Waals surface area contributed by atoms with E-state index in [0.29, 0.717) is 5.92 Å². The van der Waals surface area contributed by atoms with Gasteiger partial charge in [-0.15, -0.1) is 0 Å². The van der Waals surface area contributed by atoms with Gasteiger partial charge >= 0.3 is 5.97 Å². The zero-order valence-corrected chi connectivity index (χ0v) is 12.4. The smallest absolute Gasteiger partial charge is 0.311 e. The highest BCUT2D eigenvalue weighted by Crippen LogP contribution is 2.34. The van der Waals surface area contributed by atoms with E-state index < -0.39 is 17.8 Å². The summed E-state index contributed by atoms with van der Waals surface area (Å²) < 4.78 is 16.3. The van der Waals surface area contributed by atoms with Gasteiger partial charge in [-0.1, -0.05) is 6.92 Å². The Morgan fingerprint density at radius 3 is 2.65 bits per heavy atom. The van der Waals surface area contributed by atoms with E-state index in [1.807, 2.05) is 0 Å². The molecule has 1 fully saturated rings. The van der Waals surface area contributed by atoms with Crippen molar-refractivity contribution in [3.63, 3.8) is 0 Å². The number of ketones is 1. The average molecular weight is 282 g/mol. The molecule has 0 aromatic rings. The first kappa shape index (κ1) is 15.2. The minimum Gasteiger partial charge on any atom is -0.462 e. The lowest BCUT2D eigenvalue weighted by atomic mass is 9.97. The van der Waals surface area contributed by atoms with Gasteiger partial charge in [-0.3, -0.25) is 9.59 Å². The normalized spacial score (nSPS) is 33.1. The summed E-state index contributed by atoms with van der Waals surface area (Å²) in [6, 6.07) is 0. The molecule has 5 nitrogen and oxygen atoms in total. The first-order chi connectivity index (χ1) is 9.27. The summed E-state index contributed by atoms with van der Waals surface area (Å²) in [7, 11) is 0. The molecule has 0 bridgehead atoms. The SMILES string of the molecule is CC1CC1O[C@@H]1C=CC(=O)[C@@H](COC(=O)C(C)(C)C)O1. The molecule has 0 radical (unpaired) electrons. The summed E-state index contributed by atoms with van der Waals surface area (Å²) in [5.74, 6) is -0.00561. The van der Waals surface area contributed by atoms with Gasteiger partial charge in [0.1, 0.15) is 6.61 Å². The maximum absolute atomic E-state index is 11.7. The largest absolute Gasteiger partial charge is 0.462 e. The fourth-order valence-corrected chi connectivity index (χ4v) is 1.77. The van der Waals surface area contributed by atoms with Gasteiger partial charge in [0.2, 0.25) is 0 Å². The Morgan fingerprint density at radius 2 is 2.10 bits per heavy atom. The Labute approximate surface area is 119 Å². The third kappa shape index (κ3) is 3.90. The standard InChI is InChI=1S/C15H22O5/c1-9-7-11(9)19-13-6-5-10(16)12(20-13)8-18-14(17)15(2,3)4/h5-6,9,11-13H,7-8H2,1-4H3/t9?,11?,12-,13+/m1/s1. The van der Waals surface area contributed by atoms with E-state index in [9.17, 15) is 9.59 Å². The minimum absolute atomic E-state index is 0.0701. The van der Waals surface area contributed by atoms with Crippen molar-refractivity contribution in [2.24, 2.45) is 11.3 Å². The first-order valence-electron chi connectivity index (χ1n) is 6.97. The van der Waals surface area contributed by atoms with Gasteiger partial charge in [0.15, 0.2) is 18.2 Å². The molecule has 1 heterocycles. The predicted molar refractivity (Wildman–Crippen MR) is 71.9 cm³/mol. The molecule has 2 unspecified atom stereocenters. The van der Waals surface area contributed by atoms with Crippen LogP contribution in [0.25, 0.3) is 0 Å². The van der Waals surface area contributed by atoms with Crippen LogP contribution in [0.4, 0.5) is 0 Å². The van der Waals surface area contributed by atoms with E-state index in [-0.39, 0.29) is 24.5 Å². The molecule has 4 atom stereocenters. The number of rotatable bonds is 4. The highest BCUT2D eigenvalue weighted by molar-refractivity contribution is 5.94. The number of ether oxygens (including phenoxy) is 3. The zero-order chi connectivity index (χ0) is 14.9. The molecule has 20 heavy (non-hydrogen) atoms. The van der Waals surface area contributed by atoms with Crippen LogP contribution < -0.4 is 0 Å². The van der Waals surface area contributed by atoms with E-state index in [2.05, 4.69) is 6.92 Å². The molecule has 1 saturated carbocycles. The summed E-state index contributed by atoms with van der Waals surface area (Å²) in [5, 5.41) is 0. The molecule has 0 aromatic heterocycles. The number of esters is 1. The van der Waals surface area contributed by atoms with Crippen LogP contribution in [0.5, 0.6) is 0 Å². The molecule has 5 heteroatoms. The highest BCUT2D eigenvalue weighted by Gasteiger charge is 2.38. The Balaban J connectivity index is 1.83. The third-order valence-corrected chi connectivity index (χ3v) is 3.36. The Morgan fingerprint density at radius 1 is 1.45 bits per heavy atom. The number of carbonyl (C=O) groups is 2. The van der Waals surface area contributed by atoms with Crippen LogP contribution in [-0.2, 0) is 23.8 Å². The summed E-state index contributed by atoms with van der Waals surface area (Å²) >= 11 is 0. The van der Waals surface area contributed by atoms with Gasteiger partial charge in [-0.2, -0.15) is 0 Å². The van der Waals surface area contributed by atoms with Gasteiger partial charge in [-0.05, 0) is 45.3 Å². The fourth-order valence-electron chi connectivity index (χ4n) is 1.77. The van der Waals surface area contributed by atoms with E-state index in [0.717, 1.165) is 6.42 Å². The van der Waals surface area contributed by atoms with Crippen LogP contribution in [0.2, 0.25) is 0 Å². The van der Waals surface area contributed by atoms with Crippen molar-refractivity contribution in [3.8, 4) is 0 Å². The molecule has 0 aromatic carbocycles. The molecule has 2 rings (SSSR count). The average Bonchev–Trinajstić information content (AvgIpc) is 3.04. The highest BCUT2D eigenvalue weighted by atomic mass is 16.7. The summed E-state index contributed by atoms with van der Waals surface area (Å²) in [5.41, 5.74) is -0.590. The van der Waals surface area contributed by atoms with Crippen LogP contribution >= 0.6 is 0 Å². The molecule has 112 valence electrons. The van der Waals surface area contributed by atoms with Gasteiger partial charge in [-0.25, -0.2) is 0 Å². The number of hydrogen-bond donors (Lipinski definition) is 0. The van der Waals surface area contributed by atoms with Crippen molar-refractivity contribution in [1.82, 2.24) is 0 Å². The second kappa shape index (κ2) is 5.66. The second-order valence-electron chi connectivity index (χ2n) is 6.49. The number of hydrogen-bond acceptors (Lipinski definition) is 5. The molecular formula is C15H22O5. The first-order valence-corrected chi connectivity index (χ1v) is 6.97. The molecule has 2 aliphatic rings. The molecule has 0 spiro atoms. The molecule has 1 aliphatic carbocycles. The van der Waals surface area contributed by atoms with Crippen molar-refractivity contribution in [2.75, 3.05) is 6.61 Å². The monoisotopic (exact) mass is 282 g/mol. The predicted octanol–water partition coefficient (Wildman–Crippen LogP) is 1.85. The lowest BCUT2D eigenvalue weighted by molar-refractivity contribution is -0.183. The van der Waals surface area contributed by atoms with Crippen LogP contribution in [-0.4, -0.2) is 36.9 Å². The van der Waals surface area contributed by atoms with Crippen molar-refractivity contribution in [1.29, 1.82) is 0 Å². The summed E-state index contributed by atoms with van der Waals surface area (Å²) in [4.78, 5) is 23.4. The molecule has 0 saturated heterocycles.